The van der Waals surface area contributed by atoms with E-state index in [0.717, 1.165) is 16.7 Å². The Morgan fingerprint density at radius 2 is 1.27 bits per heavy atom. The van der Waals surface area contributed by atoms with E-state index in [9.17, 15) is 23.9 Å². The summed E-state index contributed by atoms with van der Waals surface area (Å²) in [5, 5.41) is 9.23. The maximum absolute atomic E-state index is 15.1. The van der Waals surface area contributed by atoms with E-state index in [-0.39, 0.29) is 49.4 Å². The van der Waals surface area contributed by atoms with Crippen molar-refractivity contribution in [1.29, 1.82) is 0 Å². The zero-order valence-corrected chi connectivity index (χ0v) is 31.0. The Bertz CT molecular complexity index is 2040. The molecule has 0 bridgehead atoms. The van der Waals surface area contributed by atoms with E-state index in [4.69, 9.17) is 14.2 Å². The molecule has 1 heterocycles. The highest BCUT2D eigenvalue weighted by atomic mass is 19.1. The molecule has 0 radical (unpaired) electrons. The number of aliphatic hydroxyl groups is 1. The zero-order chi connectivity index (χ0) is 39.2. The van der Waals surface area contributed by atoms with Crippen molar-refractivity contribution in [3.05, 3.63) is 149 Å². The van der Waals surface area contributed by atoms with Gasteiger partial charge in [-0.3, -0.25) is 9.59 Å². The summed E-state index contributed by atoms with van der Waals surface area (Å²) in [5.74, 6) is -4.05. The van der Waals surface area contributed by atoms with Gasteiger partial charge in [-0.2, -0.15) is 0 Å². The second-order valence-corrected chi connectivity index (χ2v) is 13.4. The molecule has 55 heavy (non-hydrogen) atoms. The summed E-state index contributed by atoms with van der Waals surface area (Å²) < 4.78 is 46.1. The molecule has 1 aromatic heterocycles. The Morgan fingerprint density at radius 3 is 1.93 bits per heavy atom. The number of aromatic nitrogens is 1. The third kappa shape index (κ3) is 11.4. The van der Waals surface area contributed by atoms with Gasteiger partial charge in [-0.25, -0.2) is 18.6 Å². The first kappa shape index (κ1) is 40.4. The van der Waals surface area contributed by atoms with Gasteiger partial charge in [-0.15, -0.1) is 0 Å². The van der Waals surface area contributed by atoms with Crippen LogP contribution in [0.4, 0.5) is 8.78 Å². The average molecular weight is 750 g/mol. The lowest BCUT2D eigenvalue weighted by Gasteiger charge is -2.19. The molecule has 3 atom stereocenters. The van der Waals surface area contributed by atoms with Gasteiger partial charge in [-0.05, 0) is 97.5 Å². The van der Waals surface area contributed by atoms with Crippen LogP contribution in [-0.2, 0) is 30.2 Å². The molecular formula is C45H45F2NO7. The molecule has 0 spiro atoms. The lowest BCUT2D eigenvalue weighted by Crippen LogP contribution is -2.20. The van der Waals surface area contributed by atoms with E-state index in [0.29, 0.717) is 42.4 Å². The molecule has 0 saturated carbocycles. The van der Waals surface area contributed by atoms with Crippen molar-refractivity contribution < 1.29 is 42.5 Å². The molecule has 1 N–H and O–H groups in total. The minimum absolute atomic E-state index is 0.0228. The second-order valence-electron chi connectivity index (χ2n) is 13.4. The first-order valence-corrected chi connectivity index (χ1v) is 18.4. The Kier molecular flexibility index (Phi) is 14.8. The number of hydrogen-bond acceptors (Lipinski definition) is 8. The third-order valence-electron chi connectivity index (χ3n) is 9.61. The van der Waals surface area contributed by atoms with E-state index < -0.39 is 35.6 Å². The van der Waals surface area contributed by atoms with E-state index >= 15 is 4.39 Å². The summed E-state index contributed by atoms with van der Waals surface area (Å²) in [6.45, 7) is 3.40. The maximum atomic E-state index is 15.1. The van der Waals surface area contributed by atoms with Gasteiger partial charge in [0.25, 0.3) is 0 Å². The molecule has 5 aromatic rings. The summed E-state index contributed by atoms with van der Waals surface area (Å²) in [6, 6.07) is 31.0. The van der Waals surface area contributed by atoms with Crippen molar-refractivity contribution in [2.24, 2.45) is 5.92 Å². The number of carbonyl (C=O) groups excluding carboxylic acids is 3. The second kappa shape index (κ2) is 20.1. The van der Waals surface area contributed by atoms with Crippen molar-refractivity contribution in [3.63, 3.8) is 0 Å². The Balaban J connectivity index is 1.16. The maximum Gasteiger partial charge on any atom is 0.356 e. The fourth-order valence-electron chi connectivity index (χ4n) is 6.20. The Morgan fingerprint density at radius 1 is 0.655 bits per heavy atom. The van der Waals surface area contributed by atoms with Gasteiger partial charge in [-0.1, -0.05) is 84.9 Å². The van der Waals surface area contributed by atoms with E-state index in [1.165, 1.54) is 18.3 Å². The number of pyridine rings is 1. The van der Waals surface area contributed by atoms with Crippen LogP contribution < -0.4 is 0 Å². The summed E-state index contributed by atoms with van der Waals surface area (Å²) >= 11 is 0. The fourth-order valence-corrected chi connectivity index (χ4v) is 6.20. The standard InChI is InChI=1S/C45H45F2NO7/c1-30(34-12-14-36(15-13-34)39-10-6-7-11-40(39)46)43(50)53-25-20-32(22-27-55-45(52)42-28-33(19-24-49)18-23-48-42)21-26-54-44(51)31(2)38-17-16-37(29-41(38)47)35-8-4-3-5-9-35/h3-18,23,28-32,49H,19-22,24-27H2,1-2H3. The van der Waals surface area contributed by atoms with Gasteiger partial charge in [0.05, 0.1) is 31.7 Å². The highest BCUT2D eigenvalue weighted by molar-refractivity contribution is 5.87. The zero-order valence-electron chi connectivity index (χ0n) is 31.0. The predicted octanol–water partition coefficient (Wildman–Crippen LogP) is 8.87. The number of esters is 3. The Hall–Kier alpha value is -5.74. The summed E-state index contributed by atoms with van der Waals surface area (Å²) in [7, 11) is 0. The number of ether oxygens (including phenoxy) is 3. The van der Waals surface area contributed by atoms with Crippen LogP contribution in [-0.4, -0.2) is 54.4 Å². The van der Waals surface area contributed by atoms with Gasteiger partial charge in [0, 0.05) is 23.9 Å². The van der Waals surface area contributed by atoms with Crippen LogP contribution in [0.15, 0.2) is 115 Å². The van der Waals surface area contributed by atoms with E-state index in [1.54, 1.807) is 80.6 Å². The number of benzene rings is 4. The molecule has 10 heteroatoms. The van der Waals surface area contributed by atoms with E-state index in [1.807, 2.05) is 30.3 Å². The summed E-state index contributed by atoms with van der Waals surface area (Å²) in [5.41, 5.74) is 4.55. The molecule has 0 fully saturated rings. The molecular weight excluding hydrogens is 704 g/mol. The van der Waals surface area contributed by atoms with Gasteiger partial charge in [0.15, 0.2) is 0 Å². The topological polar surface area (TPSA) is 112 Å². The van der Waals surface area contributed by atoms with Gasteiger partial charge in [0.1, 0.15) is 17.3 Å². The molecule has 0 aliphatic carbocycles. The quantitative estimate of drug-likeness (QED) is 0.0699. The SMILES string of the molecule is CC(C(=O)OCCC(CCOC(=O)c1cc(CCO)ccn1)CCOC(=O)C(C)c1ccc(-c2ccccc2)cc1F)c1ccc(-c2ccccc2F)cc1. The molecule has 4 aromatic carbocycles. The highest BCUT2D eigenvalue weighted by Gasteiger charge is 2.23. The van der Waals surface area contributed by atoms with Crippen LogP contribution >= 0.6 is 0 Å². The first-order chi connectivity index (χ1) is 26.6. The minimum Gasteiger partial charge on any atom is -0.465 e. The van der Waals surface area contributed by atoms with Crippen LogP contribution in [0.5, 0.6) is 0 Å². The van der Waals surface area contributed by atoms with Crippen LogP contribution in [0.25, 0.3) is 22.3 Å². The monoisotopic (exact) mass is 749 g/mol. The lowest BCUT2D eigenvalue weighted by atomic mass is 9.96. The van der Waals surface area contributed by atoms with E-state index in [2.05, 4.69) is 4.98 Å². The number of aliphatic hydroxyl groups excluding tert-OH is 1. The number of halogens is 2. The minimum atomic E-state index is -0.846. The van der Waals surface area contributed by atoms with Crippen molar-refractivity contribution in [1.82, 2.24) is 4.98 Å². The van der Waals surface area contributed by atoms with Crippen LogP contribution in [0.1, 0.15) is 72.1 Å². The Labute approximate surface area is 320 Å². The molecule has 3 unspecified atom stereocenters. The molecule has 286 valence electrons. The largest absolute Gasteiger partial charge is 0.465 e. The number of carbonyl (C=O) groups is 3. The van der Waals surface area contributed by atoms with Crippen LogP contribution in [0.3, 0.4) is 0 Å². The number of rotatable bonds is 18. The van der Waals surface area contributed by atoms with Crippen molar-refractivity contribution in [3.8, 4) is 22.3 Å². The molecule has 0 aliphatic heterocycles. The van der Waals surface area contributed by atoms with Gasteiger partial charge in [0.2, 0.25) is 0 Å². The number of nitrogens with zero attached hydrogens (tertiary/aromatic N) is 1. The fraction of sp³-hybridized carbons (Fsp3) is 0.289. The molecule has 0 saturated heterocycles. The highest BCUT2D eigenvalue weighted by Crippen LogP contribution is 2.28. The van der Waals surface area contributed by atoms with Crippen molar-refractivity contribution in [2.45, 2.75) is 51.4 Å². The molecule has 0 amide bonds. The molecule has 0 aliphatic rings. The van der Waals surface area contributed by atoms with Crippen LogP contribution in [0.2, 0.25) is 0 Å². The van der Waals surface area contributed by atoms with Crippen LogP contribution in [0, 0.1) is 17.6 Å². The third-order valence-corrected chi connectivity index (χ3v) is 9.61. The lowest BCUT2D eigenvalue weighted by molar-refractivity contribution is -0.145. The normalized spacial score (nSPS) is 12.7. The average Bonchev–Trinajstić information content (AvgIpc) is 3.20. The van der Waals surface area contributed by atoms with Crippen molar-refractivity contribution in [2.75, 3.05) is 26.4 Å². The molecule has 8 nitrogen and oxygen atoms in total. The van der Waals surface area contributed by atoms with Gasteiger partial charge >= 0.3 is 17.9 Å². The molecule has 5 rings (SSSR count). The first-order valence-electron chi connectivity index (χ1n) is 18.4. The van der Waals surface area contributed by atoms with Gasteiger partial charge < -0.3 is 19.3 Å². The predicted molar refractivity (Wildman–Crippen MR) is 205 cm³/mol. The summed E-state index contributed by atoms with van der Waals surface area (Å²) in [6.07, 6.45) is 3.02. The smallest absolute Gasteiger partial charge is 0.356 e. The number of hydrogen-bond donors (Lipinski definition) is 1. The van der Waals surface area contributed by atoms with Crippen molar-refractivity contribution >= 4 is 17.9 Å². The summed E-state index contributed by atoms with van der Waals surface area (Å²) in [4.78, 5) is 42.9.